The van der Waals surface area contributed by atoms with Gasteiger partial charge >= 0.3 is 0 Å². The highest BCUT2D eigenvalue weighted by Gasteiger charge is 2.07. The highest BCUT2D eigenvalue weighted by atomic mass is 32.1. The van der Waals surface area contributed by atoms with Gasteiger partial charge in [0.25, 0.3) is 0 Å². The first kappa shape index (κ1) is 16.9. The van der Waals surface area contributed by atoms with Crippen molar-refractivity contribution in [1.29, 1.82) is 0 Å². The number of hydrogen-bond donors (Lipinski definition) is 2. The van der Waals surface area contributed by atoms with E-state index in [1.54, 1.807) is 11.3 Å². The first-order valence-electron chi connectivity index (χ1n) is 7.38. The van der Waals surface area contributed by atoms with Gasteiger partial charge in [0.1, 0.15) is 0 Å². The van der Waals surface area contributed by atoms with Crippen LogP contribution in [0.25, 0.3) is 0 Å². The van der Waals surface area contributed by atoms with Gasteiger partial charge in [-0.05, 0) is 20.3 Å². The van der Waals surface area contributed by atoms with Gasteiger partial charge < -0.3 is 15.5 Å². The van der Waals surface area contributed by atoms with Crippen LogP contribution in [0.15, 0.2) is 6.20 Å². The maximum atomic E-state index is 11.4. The predicted octanol–water partition coefficient (Wildman–Crippen LogP) is 2.00. The van der Waals surface area contributed by atoms with E-state index in [0.717, 1.165) is 37.7 Å². The van der Waals surface area contributed by atoms with E-state index in [9.17, 15) is 4.79 Å². The maximum absolute atomic E-state index is 11.4. The van der Waals surface area contributed by atoms with Crippen molar-refractivity contribution < 1.29 is 4.79 Å². The zero-order valence-electron chi connectivity index (χ0n) is 12.7. The van der Waals surface area contributed by atoms with Crippen molar-refractivity contribution >= 4 is 22.4 Å². The number of aromatic nitrogens is 1. The lowest BCUT2D eigenvalue weighted by Crippen LogP contribution is -2.27. The third-order valence-electron chi connectivity index (χ3n) is 2.98. The number of rotatable bonds is 10. The molecule has 0 saturated heterocycles. The molecule has 0 bridgehead atoms. The summed E-state index contributed by atoms with van der Waals surface area (Å²) in [5.41, 5.74) is 0. The van der Waals surface area contributed by atoms with E-state index >= 15 is 0 Å². The van der Waals surface area contributed by atoms with Gasteiger partial charge in [-0.25, -0.2) is 4.98 Å². The molecule has 2 N–H and O–H groups in total. The van der Waals surface area contributed by atoms with Crippen LogP contribution >= 0.6 is 11.3 Å². The van der Waals surface area contributed by atoms with E-state index in [1.807, 2.05) is 6.20 Å². The summed E-state index contributed by atoms with van der Waals surface area (Å²) in [5, 5.41) is 7.23. The van der Waals surface area contributed by atoms with Crippen LogP contribution in [0.5, 0.6) is 0 Å². The summed E-state index contributed by atoms with van der Waals surface area (Å²) >= 11 is 1.71. The van der Waals surface area contributed by atoms with Crippen molar-refractivity contribution in [2.24, 2.45) is 0 Å². The fourth-order valence-corrected chi connectivity index (χ4v) is 2.79. The topological polar surface area (TPSA) is 57.3 Å². The summed E-state index contributed by atoms with van der Waals surface area (Å²) in [6.45, 7) is 10.5. The minimum atomic E-state index is 0.118. The average molecular weight is 298 g/mol. The van der Waals surface area contributed by atoms with Crippen molar-refractivity contribution in [3.05, 3.63) is 11.1 Å². The molecule has 0 radical (unpaired) electrons. The second-order valence-corrected chi connectivity index (χ2v) is 5.65. The molecule has 0 aliphatic rings. The zero-order valence-corrected chi connectivity index (χ0v) is 13.6. The number of hydrogen-bond acceptors (Lipinski definition) is 5. The second-order valence-electron chi connectivity index (χ2n) is 4.56. The number of amides is 1. The van der Waals surface area contributed by atoms with E-state index in [2.05, 4.69) is 41.3 Å². The molecule has 6 heteroatoms. The standard InChI is InChI=1S/C14H26N4OS/c1-4-8-16-13(19)7-9-15-10-12-11-17-14(20-12)18(5-2)6-3/h11,15H,4-10H2,1-3H3,(H,16,19). The fourth-order valence-electron chi connectivity index (χ4n) is 1.79. The van der Waals surface area contributed by atoms with Crippen LogP contribution in [-0.4, -0.2) is 37.1 Å². The summed E-state index contributed by atoms with van der Waals surface area (Å²) in [5.74, 6) is 0.118. The minimum absolute atomic E-state index is 0.118. The Hall–Kier alpha value is -1.14. The van der Waals surface area contributed by atoms with E-state index < -0.39 is 0 Å². The van der Waals surface area contributed by atoms with Gasteiger partial charge in [0.15, 0.2) is 5.13 Å². The van der Waals surface area contributed by atoms with Crippen molar-refractivity contribution in [3.8, 4) is 0 Å². The molecule has 1 aromatic heterocycles. The molecule has 1 amide bonds. The predicted molar refractivity (Wildman–Crippen MR) is 85.3 cm³/mol. The first-order chi connectivity index (χ1) is 9.71. The van der Waals surface area contributed by atoms with Gasteiger partial charge in [0, 0.05) is 50.2 Å². The van der Waals surface area contributed by atoms with Crippen LogP contribution < -0.4 is 15.5 Å². The largest absolute Gasteiger partial charge is 0.356 e. The maximum Gasteiger partial charge on any atom is 0.221 e. The Morgan fingerprint density at radius 3 is 2.70 bits per heavy atom. The molecule has 0 saturated carbocycles. The van der Waals surface area contributed by atoms with Crippen molar-refractivity contribution in [2.45, 2.75) is 40.2 Å². The molecule has 0 atom stereocenters. The summed E-state index contributed by atoms with van der Waals surface area (Å²) in [6.07, 6.45) is 3.43. The highest BCUT2D eigenvalue weighted by molar-refractivity contribution is 7.15. The normalized spacial score (nSPS) is 10.6. The molecule has 0 aliphatic heterocycles. The third kappa shape index (κ3) is 5.88. The molecule has 20 heavy (non-hydrogen) atoms. The summed E-state index contributed by atoms with van der Waals surface area (Å²) < 4.78 is 0. The third-order valence-corrected chi connectivity index (χ3v) is 4.03. The first-order valence-corrected chi connectivity index (χ1v) is 8.19. The highest BCUT2D eigenvalue weighted by Crippen LogP contribution is 2.21. The van der Waals surface area contributed by atoms with Gasteiger partial charge in [-0.2, -0.15) is 0 Å². The monoisotopic (exact) mass is 298 g/mol. The lowest BCUT2D eigenvalue weighted by molar-refractivity contribution is -0.120. The number of anilines is 1. The Bertz CT molecular complexity index is 390. The van der Waals surface area contributed by atoms with E-state index in [-0.39, 0.29) is 5.91 Å². The molecule has 1 rings (SSSR count). The van der Waals surface area contributed by atoms with Crippen molar-refractivity contribution in [3.63, 3.8) is 0 Å². The SMILES string of the molecule is CCCNC(=O)CCNCc1cnc(N(CC)CC)s1. The van der Waals surface area contributed by atoms with Crippen LogP contribution in [0.4, 0.5) is 5.13 Å². The number of carbonyl (C=O) groups excluding carboxylic acids is 1. The second kappa shape index (κ2) is 9.72. The van der Waals surface area contributed by atoms with Crippen LogP contribution in [0.2, 0.25) is 0 Å². The van der Waals surface area contributed by atoms with Crippen molar-refractivity contribution in [2.75, 3.05) is 31.1 Å². The summed E-state index contributed by atoms with van der Waals surface area (Å²) in [4.78, 5) is 19.3. The number of nitrogens with one attached hydrogen (secondary N) is 2. The summed E-state index contributed by atoms with van der Waals surface area (Å²) in [6, 6.07) is 0. The molecule has 0 spiro atoms. The molecule has 114 valence electrons. The van der Waals surface area contributed by atoms with Crippen LogP contribution in [0.1, 0.15) is 38.5 Å². The van der Waals surface area contributed by atoms with Crippen LogP contribution in [0.3, 0.4) is 0 Å². The molecular formula is C14H26N4OS. The molecular weight excluding hydrogens is 272 g/mol. The lowest BCUT2D eigenvalue weighted by atomic mass is 10.3. The van der Waals surface area contributed by atoms with E-state index in [0.29, 0.717) is 13.0 Å². The number of thiazole rings is 1. The summed E-state index contributed by atoms with van der Waals surface area (Å²) in [7, 11) is 0. The van der Waals surface area contributed by atoms with Gasteiger partial charge in [0.05, 0.1) is 0 Å². The molecule has 0 aromatic carbocycles. The van der Waals surface area contributed by atoms with Crippen LogP contribution in [-0.2, 0) is 11.3 Å². The molecule has 1 aromatic rings. The van der Waals surface area contributed by atoms with Gasteiger partial charge in [0.2, 0.25) is 5.91 Å². The number of carbonyl (C=O) groups is 1. The smallest absolute Gasteiger partial charge is 0.221 e. The molecule has 0 unspecified atom stereocenters. The molecule has 5 nitrogen and oxygen atoms in total. The van der Waals surface area contributed by atoms with E-state index in [1.165, 1.54) is 4.88 Å². The molecule has 0 fully saturated rings. The average Bonchev–Trinajstić information content (AvgIpc) is 2.91. The van der Waals surface area contributed by atoms with E-state index in [4.69, 9.17) is 0 Å². The minimum Gasteiger partial charge on any atom is -0.356 e. The number of nitrogens with zero attached hydrogens (tertiary/aromatic N) is 2. The Labute approximate surface area is 125 Å². The molecule has 0 aliphatic carbocycles. The zero-order chi connectivity index (χ0) is 14.8. The fraction of sp³-hybridized carbons (Fsp3) is 0.714. The van der Waals surface area contributed by atoms with Crippen LogP contribution in [0, 0.1) is 0 Å². The van der Waals surface area contributed by atoms with Gasteiger partial charge in [-0.15, -0.1) is 11.3 Å². The Kier molecular flexibility index (Phi) is 8.22. The van der Waals surface area contributed by atoms with Gasteiger partial charge in [-0.3, -0.25) is 4.79 Å². The Morgan fingerprint density at radius 2 is 2.05 bits per heavy atom. The lowest BCUT2D eigenvalue weighted by Gasteiger charge is -2.16. The quantitative estimate of drug-likeness (QED) is 0.649. The van der Waals surface area contributed by atoms with Gasteiger partial charge in [-0.1, -0.05) is 6.92 Å². The Morgan fingerprint density at radius 1 is 1.30 bits per heavy atom. The molecule has 1 heterocycles. The van der Waals surface area contributed by atoms with Crippen molar-refractivity contribution in [1.82, 2.24) is 15.6 Å². The Balaban J connectivity index is 2.24.